The van der Waals surface area contributed by atoms with Crippen molar-refractivity contribution in [3.8, 4) is 0 Å². The molecule has 122 valence electrons. The van der Waals surface area contributed by atoms with Crippen molar-refractivity contribution in [2.75, 3.05) is 18.1 Å². The fourth-order valence-electron chi connectivity index (χ4n) is 2.81. The van der Waals surface area contributed by atoms with Crippen molar-refractivity contribution in [1.82, 2.24) is 4.72 Å². The number of nitrogens with two attached hydrogens (primary N) is 1. The molecule has 2 atom stereocenters. The second-order valence-electron chi connectivity index (χ2n) is 5.91. The summed E-state index contributed by atoms with van der Waals surface area (Å²) >= 11 is 0. The first-order valence-corrected chi connectivity index (χ1v) is 9.33. The monoisotopic (exact) mass is 324 g/mol. The van der Waals surface area contributed by atoms with Crippen LogP contribution in [0.4, 0.5) is 5.69 Å². The van der Waals surface area contributed by atoms with Gasteiger partial charge in [-0.3, -0.25) is 4.99 Å². The molecule has 6 nitrogen and oxygen atoms in total. The number of benzene rings is 1. The number of anilines is 1. The molecule has 1 aliphatic carbocycles. The van der Waals surface area contributed by atoms with Gasteiger partial charge in [-0.1, -0.05) is 18.6 Å². The van der Waals surface area contributed by atoms with Crippen LogP contribution in [0.25, 0.3) is 0 Å². The number of hydrogen-bond donors (Lipinski definition) is 3. The summed E-state index contributed by atoms with van der Waals surface area (Å²) in [6.07, 6.45) is 4.03. The number of sulfonamides is 1. The lowest BCUT2D eigenvalue weighted by atomic mass is 10.1. The zero-order chi connectivity index (χ0) is 16.2. The first kappa shape index (κ1) is 16.8. The highest BCUT2D eigenvalue weighted by atomic mass is 32.2. The minimum atomic E-state index is -3.18. The van der Waals surface area contributed by atoms with Gasteiger partial charge in [0.15, 0.2) is 5.96 Å². The van der Waals surface area contributed by atoms with Crippen LogP contribution in [0.1, 0.15) is 24.8 Å². The molecular weight excluding hydrogens is 300 g/mol. The Morgan fingerprint density at radius 2 is 2.18 bits per heavy atom. The third-order valence-electron chi connectivity index (χ3n) is 3.81. The number of nitrogens with one attached hydrogen (secondary N) is 2. The summed E-state index contributed by atoms with van der Waals surface area (Å²) < 4.78 is 25.4. The number of rotatable bonds is 5. The minimum Gasteiger partial charge on any atom is -0.370 e. The lowest BCUT2D eigenvalue weighted by Crippen LogP contribution is -2.38. The topological polar surface area (TPSA) is 96.6 Å². The van der Waals surface area contributed by atoms with Crippen LogP contribution >= 0.6 is 0 Å². The standard InChI is InChI=1S/C15H24N4O2S/c1-11-5-3-7-13(9-11)18-15(16)17-10-12-6-4-8-14(12)19-22(2,20)21/h3,5,7,9,12,14,19H,4,6,8,10H2,1-2H3,(H3,16,17,18). The van der Waals surface area contributed by atoms with Crippen LogP contribution in [0, 0.1) is 12.8 Å². The van der Waals surface area contributed by atoms with Crippen LogP contribution in [0.3, 0.4) is 0 Å². The number of nitrogens with zero attached hydrogens (tertiary/aromatic N) is 1. The van der Waals surface area contributed by atoms with Gasteiger partial charge in [0, 0.05) is 18.3 Å². The Morgan fingerprint density at radius 3 is 2.86 bits per heavy atom. The Labute approximate surface area is 132 Å². The summed E-state index contributed by atoms with van der Waals surface area (Å²) in [6.45, 7) is 2.54. The number of aryl methyl sites for hydroxylation is 1. The second kappa shape index (κ2) is 7.11. The zero-order valence-electron chi connectivity index (χ0n) is 13.0. The van der Waals surface area contributed by atoms with Gasteiger partial charge >= 0.3 is 0 Å². The first-order valence-electron chi connectivity index (χ1n) is 7.44. The van der Waals surface area contributed by atoms with E-state index in [4.69, 9.17) is 5.73 Å². The molecule has 1 aliphatic rings. The lowest BCUT2D eigenvalue weighted by Gasteiger charge is -2.18. The quantitative estimate of drug-likeness (QED) is 0.564. The van der Waals surface area contributed by atoms with Crippen molar-refractivity contribution >= 4 is 21.7 Å². The molecule has 1 saturated carbocycles. The third kappa shape index (κ3) is 5.31. The number of guanidine groups is 1. The molecule has 1 aromatic carbocycles. The van der Waals surface area contributed by atoms with Crippen LogP contribution in [0.15, 0.2) is 29.3 Å². The summed E-state index contributed by atoms with van der Waals surface area (Å²) in [5.74, 6) is 0.559. The molecule has 0 amide bonds. The smallest absolute Gasteiger partial charge is 0.208 e. The van der Waals surface area contributed by atoms with Gasteiger partial charge in [-0.15, -0.1) is 0 Å². The predicted molar refractivity (Wildman–Crippen MR) is 90.4 cm³/mol. The maximum Gasteiger partial charge on any atom is 0.208 e. The van der Waals surface area contributed by atoms with E-state index in [0.29, 0.717) is 12.5 Å². The molecule has 1 aromatic rings. The van der Waals surface area contributed by atoms with Gasteiger partial charge in [-0.2, -0.15) is 0 Å². The highest BCUT2D eigenvalue weighted by molar-refractivity contribution is 7.88. The molecule has 2 unspecified atom stereocenters. The van der Waals surface area contributed by atoms with Crippen molar-refractivity contribution in [2.45, 2.75) is 32.2 Å². The van der Waals surface area contributed by atoms with E-state index in [2.05, 4.69) is 15.0 Å². The Hall–Kier alpha value is -1.60. The highest BCUT2D eigenvalue weighted by Gasteiger charge is 2.29. The summed E-state index contributed by atoms with van der Waals surface area (Å²) in [6, 6.07) is 7.85. The SMILES string of the molecule is Cc1cccc(NC(N)=NCC2CCCC2NS(C)(=O)=O)c1. The highest BCUT2D eigenvalue weighted by Crippen LogP contribution is 2.26. The van der Waals surface area contributed by atoms with Gasteiger partial charge in [0.2, 0.25) is 10.0 Å². The average Bonchev–Trinajstić information content (AvgIpc) is 2.81. The summed E-state index contributed by atoms with van der Waals surface area (Å²) in [5.41, 5.74) is 7.95. The molecule has 1 fully saturated rings. The van der Waals surface area contributed by atoms with Crippen molar-refractivity contribution < 1.29 is 8.42 Å². The Kier molecular flexibility index (Phi) is 5.42. The van der Waals surface area contributed by atoms with Gasteiger partial charge in [0.1, 0.15) is 0 Å². The second-order valence-corrected chi connectivity index (χ2v) is 7.69. The van der Waals surface area contributed by atoms with Crippen LogP contribution in [-0.4, -0.2) is 33.2 Å². The third-order valence-corrected chi connectivity index (χ3v) is 4.54. The molecular formula is C15H24N4O2S. The van der Waals surface area contributed by atoms with E-state index in [1.807, 2.05) is 31.2 Å². The summed E-state index contributed by atoms with van der Waals surface area (Å²) in [7, 11) is -3.18. The van der Waals surface area contributed by atoms with Gasteiger partial charge in [-0.05, 0) is 43.4 Å². The van der Waals surface area contributed by atoms with Gasteiger partial charge < -0.3 is 11.1 Å². The molecule has 2 rings (SSSR count). The summed E-state index contributed by atoms with van der Waals surface area (Å²) in [4.78, 5) is 4.36. The van der Waals surface area contributed by atoms with E-state index in [9.17, 15) is 8.42 Å². The van der Waals surface area contributed by atoms with Crippen LogP contribution < -0.4 is 15.8 Å². The molecule has 4 N–H and O–H groups in total. The normalized spacial score (nSPS) is 22.7. The maximum absolute atomic E-state index is 11.4. The molecule has 0 saturated heterocycles. The van der Waals surface area contributed by atoms with E-state index in [0.717, 1.165) is 30.5 Å². The molecule has 7 heteroatoms. The van der Waals surface area contributed by atoms with Gasteiger partial charge in [0.25, 0.3) is 0 Å². The molecule has 0 radical (unpaired) electrons. The van der Waals surface area contributed by atoms with Gasteiger partial charge in [0.05, 0.1) is 6.26 Å². The van der Waals surface area contributed by atoms with Crippen molar-refractivity contribution in [1.29, 1.82) is 0 Å². The number of hydrogen-bond acceptors (Lipinski definition) is 3. The summed E-state index contributed by atoms with van der Waals surface area (Å²) in [5, 5.41) is 3.06. The fraction of sp³-hybridized carbons (Fsp3) is 0.533. The molecule has 0 spiro atoms. The first-order chi connectivity index (χ1) is 10.3. The average molecular weight is 324 g/mol. The number of aliphatic imine (C=N–C) groups is 1. The van der Waals surface area contributed by atoms with Crippen molar-refractivity contribution in [3.63, 3.8) is 0 Å². The van der Waals surface area contributed by atoms with E-state index < -0.39 is 10.0 Å². The van der Waals surface area contributed by atoms with E-state index in [1.165, 1.54) is 6.26 Å². The molecule has 0 heterocycles. The Bertz CT molecular complexity index is 643. The maximum atomic E-state index is 11.4. The fourth-order valence-corrected chi connectivity index (χ4v) is 3.67. The Morgan fingerprint density at radius 1 is 1.41 bits per heavy atom. The van der Waals surface area contributed by atoms with E-state index >= 15 is 0 Å². The zero-order valence-corrected chi connectivity index (χ0v) is 13.9. The van der Waals surface area contributed by atoms with Crippen molar-refractivity contribution in [2.24, 2.45) is 16.6 Å². The largest absolute Gasteiger partial charge is 0.370 e. The molecule has 0 aliphatic heterocycles. The van der Waals surface area contributed by atoms with E-state index in [1.54, 1.807) is 0 Å². The Balaban J connectivity index is 1.92. The van der Waals surface area contributed by atoms with Crippen LogP contribution in [0.5, 0.6) is 0 Å². The minimum absolute atomic E-state index is 0.0366. The predicted octanol–water partition coefficient (Wildman–Crippen LogP) is 1.44. The lowest BCUT2D eigenvalue weighted by molar-refractivity contribution is 0.455. The van der Waals surface area contributed by atoms with Crippen molar-refractivity contribution in [3.05, 3.63) is 29.8 Å². The van der Waals surface area contributed by atoms with E-state index in [-0.39, 0.29) is 12.0 Å². The van der Waals surface area contributed by atoms with Gasteiger partial charge in [-0.25, -0.2) is 13.1 Å². The molecule has 0 bridgehead atoms. The van der Waals surface area contributed by atoms with Crippen LogP contribution in [0.2, 0.25) is 0 Å². The van der Waals surface area contributed by atoms with Crippen LogP contribution in [-0.2, 0) is 10.0 Å². The molecule has 22 heavy (non-hydrogen) atoms. The molecule has 0 aromatic heterocycles.